The van der Waals surface area contributed by atoms with Crippen LogP contribution in [0.2, 0.25) is 5.02 Å². The van der Waals surface area contributed by atoms with Crippen molar-refractivity contribution in [3.63, 3.8) is 0 Å². The van der Waals surface area contributed by atoms with Gasteiger partial charge in [-0.05, 0) is 25.0 Å². The predicted octanol–water partition coefficient (Wildman–Crippen LogP) is 3.70. The molecule has 0 saturated carbocycles. The van der Waals surface area contributed by atoms with Gasteiger partial charge in [0, 0.05) is 24.1 Å². The van der Waals surface area contributed by atoms with Crippen molar-refractivity contribution in [1.82, 2.24) is 0 Å². The van der Waals surface area contributed by atoms with Crippen molar-refractivity contribution in [2.45, 2.75) is 19.3 Å². The van der Waals surface area contributed by atoms with Crippen LogP contribution in [0.25, 0.3) is 0 Å². The summed E-state index contributed by atoms with van der Waals surface area (Å²) in [6.07, 6.45) is 2.11. The van der Waals surface area contributed by atoms with E-state index in [2.05, 4.69) is 5.32 Å². The van der Waals surface area contributed by atoms with E-state index in [9.17, 15) is 4.79 Å². The molecule has 0 fully saturated rings. The predicted molar refractivity (Wildman–Crippen MR) is 71.2 cm³/mol. The smallest absolute Gasteiger partial charge is 0.224 e. The Bertz CT molecular complexity index is 383. The lowest BCUT2D eigenvalue weighted by Crippen LogP contribution is -2.11. The lowest BCUT2D eigenvalue weighted by atomic mass is 10.2. The van der Waals surface area contributed by atoms with Gasteiger partial charge in [-0.3, -0.25) is 4.79 Å². The molecule has 1 amide bonds. The molecule has 0 spiro atoms. The molecule has 0 heterocycles. The molecule has 1 aromatic carbocycles. The van der Waals surface area contributed by atoms with Crippen LogP contribution < -0.4 is 10.1 Å². The van der Waals surface area contributed by atoms with E-state index in [-0.39, 0.29) is 5.91 Å². The molecule has 17 heavy (non-hydrogen) atoms. The van der Waals surface area contributed by atoms with Gasteiger partial charge in [0.15, 0.2) is 0 Å². The quantitative estimate of drug-likeness (QED) is 0.635. The minimum Gasteiger partial charge on any atom is -0.495 e. The van der Waals surface area contributed by atoms with E-state index in [1.165, 1.54) is 7.11 Å². The molecule has 0 bridgehead atoms. The number of hydrogen-bond donors (Lipinski definition) is 1. The van der Waals surface area contributed by atoms with Crippen molar-refractivity contribution in [1.29, 1.82) is 0 Å². The van der Waals surface area contributed by atoms with Gasteiger partial charge < -0.3 is 10.1 Å². The molecule has 0 radical (unpaired) electrons. The number of alkyl halides is 1. The van der Waals surface area contributed by atoms with Gasteiger partial charge in [-0.25, -0.2) is 0 Å². The molecule has 0 saturated heterocycles. The number of unbranched alkanes of at least 4 members (excludes halogenated alkanes) is 1. The van der Waals surface area contributed by atoms with Crippen molar-refractivity contribution in [2.75, 3.05) is 18.3 Å². The molecule has 0 aromatic heterocycles. The highest BCUT2D eigenvalue weighted by Crippen LogP contribution is 2.27. The third-order valence-corrected chi connectivity index (χ3v) is 2.80. The third kappa shape index (κ3) is 4.84. The number of anilines is 1. The minimum atomic E-state index is -0.0282. The Balaban J connectivity index is 2.53. The normalized spacial score (nSPS) is 10.1. The van der Waals surface area contributed by atoms with E-state index in [0.717, 1.165) is 12.8 Å². The second kappa shape index (κ2) is 7.41. The Hall–Kier alpha value is -0.930. The number of carbonyl (C=O) groups is 1. The highest BCUT2D eigenvalue weighted by molar-refractivity contribution is 6.32. The van der Waals surface area contributed by atoms with E-state index in [0.29, 0.717) is 28.8 Å². The molecular formula is C12H15Cl2NO2. The van der Waals surface area contributed by atoms with Crippen LogP contribution in [-0.4, -0.2) is 18.9 Å². The average molecular weight is 276 g/mol. The number of methoxy groups -OCH3 is 1. The molecule has 0 unspecified atom stereocenters. The largest absolute Gasteiger partial charge is 0.495 e. The summed E-state index contributed by atoms with van der Waals surface area (Å²) >= 11 is 11.4. The van der Waals surface area contributed by atoms with E-state index in [1.807, 2.05) is 0 Å². The molecule has 0 aliphatic heterocycles. The minimum absolute atomic E-state index is 0.0282. The summed E-state index contributed by atoms with van der Waals surface area (Å²) in [7, 11) is 1.54. The summed E-state index contributed by atoms with van der Waals surface area (Å²) in [5.74, 6) is 1.10. The van der Waals surface area contributed by atoms with Gasteiger partial charge in [-0.2, -0.15) is 0 Å². The van der Waals surface area contributed by atoms with Crippen molar-refractivity contribution in [3.05, 3.63) is 23.2 Å². The number of halogens is 2. The van der Waals surface area contributed by atoms with Crippen molar-refractivity contribution < 1.29 is 9.53 Å². The third-order valence-electron chi connectivity index (χ3n) is 2.22. The molecule has 1 rings (SSSR count). The van der Waals surface area contributed by atoms with Gasteiger partial charge in [0.2, 0.25) is 5.91 Å². The monoisotopic (exact) mass is 275 g/mol. The molecule has 0 atom stereocenters. The zero-order valence-corrected chi connectivity index (χ0v) is 11.1. The Labute approximate surface area is 111 Å². The zero-order chi connectivity index (χ0) is 12.7. The van der Waals surface area contributed by atoms with Gasteiger partial charge in [-0.15, -0.1) is 11.6 Å². The summed E-state index contributed by atoms with van der Waals surface area (Å²) in [6.45, 7) is 0. The average Bonchev–Trinajstić information content (AvgIpc) is 2.32. The molecule has 3 nitrogen and oxygen atoms in total. The fourth-order valence-electron chi connectivity index (χ4n) is 1.34. The highest BCUT2D eigenvalue weighted by atomic mass is 35.5. The van der Waals surface area contributed by atoms with Gasteiger partial charge in [0.05, 0.1) is 12.1 Å². The van der Waals surface area contributed by atoms with E-state index >= 15 is 0 Å². The van der Waals surface area contributed by atoms with Gasteiger partial charge in [0.1, 0.15) is 5.75 Å². The maximum absolute atomic E-state index is 11.5. The maximum atomic E-state index is 11.5. The number of amides is 1. The number of benzene rings is 1. The number of carbonyl (C=O) groups excluding carboxylic acids is 1. The second-order valence-corrected chi connectivity index (χ2v) is 4.33. The summed E-state index contributed by atoms with van der Waals surface area (Å²) < 4.78 is 5.07. The first kappa shape index (κ1) is 14.1. The van der Waals surface area contributed by atoms with Crippen molar-refractivity contribution in [3.8, 4) is 5.75 Å². The second-order valence-electron chi connectivity index (χ2n) is 3.54. The Morgan fingerprint density at radius 3 is 2.82 bits per heavy atom. The Kier molecular flexibility index (Phi) is 6.16. The van der Waals surface area contributed by atoms with Crippen molar-refractivity contribution >= 4 is 34.8 Å². The Morgan fingerprint density at radius 2 is 2.18 bits per heavy atom. The van der Waals surface area contributed by atoms with E-state index in [1.54, 1.807) is 18.2 Å². The lowest BCUT2D eigenvalue weighted by molar-refractivity contribution is -0.116. The molecule has 0 aliphatic carbocycles. The van der Waals surface area contributed by atoms with Gasteiger partial charge in [0.25, 0.3) is 0 Å². The van der Waals surface area contributed by atoms with Crippen LogP contribution in [0.5, 0.6) is 5.75 Å². The van der Waals surface area contributed by atoms with E-state index < -0.39 is 0 Å². The number of ether oxygens (including phenoxy) is 1. The van der Waals surface area contributed by atoms with Gasteiger partial charge >= 0.3 is 0 Å². The summed E-state index contributed by atoms with van der Waals surface area (Å²) in [6, 6.07) is 5.13. The fourth-order valence-corrected chi connectivity index (χ4v) is 1.72. The van der Waals surface area contributed by atoms with Crippen LogP contribution in [0.3, 0.4) is 0 Å². The van der Waals surface area contributed by atoms with Crippen LogP contribution in [0.15, 0.2) is 18.2 Å². The zero-order valence-electron chi connectivity index (χ0n) is 9.63. The first-order valence-electron chi connectivity index (χ1n) is 5.36. The van der Waals surface area contributed by atoms with E-state index in [4.69, 9.17) is 27.9 Å². The van der Waals surface area contributed by atoms with Gasteiger partial charge in [-0.1, -0.05) is 11.6 Å². The molecule has 5 heteroatoms. The molecule has 94 valence electrons. The maximum Gasteiger partial charge on any atom is 0.224 e. The molecule has 1 N–H and O–H groups in total. The topological polar surface area (TPSA) is 38.3 Å². The van der Waals surface area contributed by atoms with Crippen LogP contribution in [0, 0.1) is 0 Å². The standard InChI is InChI=1S/C12H15Cl2NO2/c1-17-11-8-9(5-6-10(11)14)15-12(16)4-2-3-7-13/h5-6,8H,2-4,7H2,1H3,(H,15,16). The first-order valence-corrected chi connectivity index (χ1v) is 6.28. The van der Waals surface area contributed by atoms with Crippen LogP contribution >= 0.6 is 23.2 Å². The Morgan fingerprint density at radius 1 is 1.41 bits per heavy atom. The molecular weight excluding hydrogens is 261 g/mol. The van der Waals surface area contributed by atoms with Crippen LogP contribution in [-0.2, 0) is 4.79 Å². The number of hydrogen-bond acceptors (Lipinski definition) is 2. The number of rotatable bonds is 6. The van der Waals surface area contributed by atoms with Crippen LogP contribution in [0.4, 0.5) is 5.69 Å². The molecule has 1 aromatic rings. The SMILES string of the molecule is COc1cc(NC(=O)CCCCCl)ccc1Cl. The number of nitrogens with one attached hydrogen (secondary N) is 1. The molecule has 0 aliphatic rings. The summed E-state index contributed by atoms with van der Waals surface area (Å²) in [5, 5.41) is 3.30. The fraction of sp³-hybridized carbons (Fsp3) is 0.417. The highest BCUT2D eigenvalue weighted by Gasteiger charge is 2.05. The summed E-state index contributed by atoms with van der Waals surface area (Å²) in [5.41, 5.74) is 0.683. The van der Waals surface area contributed by atoms with Crippen LogP contribution in [0.1, 0.15) is 19.3 Å². The summed E-state index contributed by atoms with van der Waals surface area (Å²) in [4.78, 5) is 11.5. The first-order chi connectivity index (χ1) is 8.17. The van der Waals surface area contributed by atoms with Crippen molar-refractivity contribution in [2.24, 2.45) is 0 Å². The lowest BCUT2D eigenvalue weighted by Gasteiger charge is -2.08.